The smallest absolute Gasteiger partial charge is 0.180 e. The Morgan fingerprint density at radius 3 is 2.15 bits per heavy atom. The van der Waals surface area contributed by atoms with E-state index >= 15 is 0 Å². The number of benzene rings is 5. The second kappa shape index (κ2) is 9.26. The van der Waals surface area contributed by atoms with Gasteiger partial charge in [0, 0.05) is 27.3 Å². The van der Waals surface area contributed by atoms with Crippen LogP contribution >= 0.6 is 11.7 Å². The fourth-order valence-electron chi connectivity index (χ4n) is 5.08. The summed E-state index contributed by atoms with van der Waals surface area (Å²) in [5, 5.41) is 11.8. The summed E-state index contributed by atoms with van der Waals surface area (Å²) >= 11 is 1.17. The van der Waals surface area contributed by atoms with E-state index in [1.807, 2.05) is 60.7 Å². The number of fused-ring (bicyclic) bond motifs is 5. The van der Waals surface area contributed by atoms with Crippen LogP contribution in [-0.4, -0.2) is 13.7 Å². The average molecular weight is 545 g/mol. The molecule has 7 aromatic rings. The highest BCUT2D eigenvalue weighted by atomic mass is 32.1. The Balaban J connectivity index is 1.38. The minimum Gasteiger partial charge on any atom is -0.247 e. The van der Waals surface area contributed by atoms with Gasteiger partial charge in [-0.2, -0.15) is 14.0 Å². The average Bonchev–Trinajstić information content (AvgIpc) is 3.48. The third-order valence-corrected chi connectivity index (χ3v) is 7.57. The van der Waals surface area contributed by atoms with Gasteiger partial charge in [-0.25, -0.2) is 18.2 Å². The first kappa shape index (κ1) is 23.9. The number of halogens is 3. The van der Waals surface area contributed by atoms with Crippen LogP contribution in [0.4, 0.5) is 13.2 Å². The molecular formula is C32H15F3N4S. The highest BCUT2D eigenvalue weighted by Crippen LogP contribution is 2.38. The molecule has 7 rings (SSSR count). The summed E-state index contributed by atoms with van der Waals surface area (Å²) in [7, 11) is 0. The van der Waals surface area contributed by atoms with Gasteiger partial charge in [0.05, 0.1) is 22.9 Å². The predicted molar refractivity (Wildman–Crippen MR) is 151 cm³/mol. The van der Waals surface area contributed by atoms with Crippen LogP contribution in [0.15, 0.2) is 91.0 Å². The van der Waals surface area contributed by atoms with E-state index in [1.165, 1.54) is 17.8 Å². The fourth-order valence-corrected chi connectivity index (χ4v) is 5.63. The lowest BCUT2D eigenvalue weighted by molar-refractivity contribution is 0.494. The Hall–Kier alpha value is -5.13. The summed E-state index contributed by atoms with van der Waals surface area (Å²) in [5.74, 6) is -3.86. The summed E-state index contributed by atoms with van der Waals surface area (Å²) in [4.78, 5) is 5.06. The first-order chi connectivity index (χ1) is 19.5. The summed E-state index contributed by atoms with van der Waals surface area (Å²) in [6.45, 7) is 0. The molecular weight excluding hydrogens is 529 g/mol. The van der Waals surface area contributed by atoms with Gasteiger partial charge in [0.25, 0.3) is 0 Å². The molecule has 0 aliphatic heterocycles. The van der Waals surface area contributed by atoms with Gasteiger partial charge in [-0.05, 0) is 41.0 Å². The van der Waals surface area contributed by atoms with Gasteiger partial charge < -0.3 is 0 Å². The van der Waals surface area contributed by atoms with Crippen molar-refractivity contribution in [2.24, 2.45) is 0 Å². The number of aromatic nitrogens is 3. The maximum atomic E-state index is 14.6. The Morgan fingerprint density at radius 2 is 1.38 bits per heavy atom. The second-order valence-electron chi connectivity index (χ2n) is 9.28. The zero-order valence-corrected chi connectivity index (χ0v) is 21.3. The van der Waals surface area contributed by atoms with E-state index in [-0.39, 0.29) is 5.56 Å². The summed E-state index contributed by atoms with van der Waals surface area (Å²) in [5.41, 5.74) is 5.04. The summed E-state index contributed by atoms with van der Waals surface area (Å²) < 4.78 is 52.0. The van der Waals surface area contributed by atoms with Crippen LogP contribution in [0.5, 0.6) is 0 Å². The van der Waals surface area contributed by atoms with Gasteiger partial charge in [0.1, 0.15) is 28.5 Å². The molecule has 0 fully saturated rings. The molecule has 0 saturated carbocycles. The monoisotopic (exact) mass is 544 g/mol. The van der Waals surface area contributed by atoms with Crippen molar-refractivity contribution in [2.75, 3.05) is 0 Å². The molecule has 190 valence electrons. The lowest BCUT2D eigenvalue weighted by atomic mass is 9.95. The summed E-state index contributed by atoms with van der Waals surface area (Å²) in [6, 6.07) is 28.8. The van der Waals surface area contributed by atoms with E-state index in [1.54, 1.807) is 24.3 Å². The molecule has 0 bridgehead atoms. The summed E-state index contributed by atoms with van der Waals surface area (Å²) in [6.07, 6.45) is 0. The van der Waals surface area contributed by atoms with Gasteiger partial charge in [0.2, 0.25) is 0 Å². The van der Waals surface area contributed by atoms with E-state index < -0.39 is 23.0 Å². The van der Waals surface area contributed by atoms with E-state index in [2.05, 4.69) is 8.75 Å². The molecule has 8 heteroatoms. The molecule has 5 aromatic carbocycles. The Kier molecular flexibility index (Phi) is 5.54. The Bertz CT molecular complexity index is 2150. The van der Waals surface area contributed by atoms with Crippen LogP contribution in [0.1, 0.15) is 5.56 Å². The molecule has 4 nitrogen and oxygen atoms in total. The van der Waals surface area contributed by atoms with Crippen LogP contribution < -0.4 is 0 Å². The van der Waals surface area contributed by atoms with Crippen LogP contribution in [0.2, 0.25) is 0 Å². The molecule has 0 spiro atoms. The molecule has 2 heterocycles. The third-order valence-electron chi connectivity index (χ3n) is 7.03. The van der Waals surface area contributed by atoms with Crippen molar-refractivity contribution in [1.82, 2.24) is 13.7 Å². The van der Waals surface area contributed by atoms with Crippen molar-refractivity contribution < 1.29 is 13.2 Å². The van der Waals surface area contributed by atoms with E-state index in [0.29, 0.717) is 5.56 Å². The van der Waals surface area contributed by atoms with E-state index in [0.717, 1.165) is 61.2 Å². The maximum absolute atomic E-state index is 14.6. The number of rotatable bonds is 3. The molecule has 0 atom stereocenters. The second-order valence-corrected chi connectivity index (χ2v) is 9.80. The standard InChI is InChI=1S/C32H15F3N4S/c33-25-15-23(29(34)30(35)24(25)16-36)18-8-6-17(7-9-18)20-10-11-21-27(14-20)37-31(19-4-2-1-3-5-19)22-12-13-26-32(28(21)22)39-40-38-26/h1-15H. The minimum atomic E-state index is -1.49. The molecule has 0 aliphatic rings. The third kappa shape index (κ3) is 3.71. The van der Waals surface area contributed by atoms with Crippen molar-refractivity contribution in [1.29, 1.82) is 5.26 Å². The highest BCUT2D eigenvalue weighted by molar-refractivity contribution is 7.00. The van der Waals surface area contributed by atoms with Crippen molar-refractivity contribution in [3.05, 3.63) is 114 Å². The normalized spacial score (nSPS) is 11.3. The fraction of sp³-hybridized carbons (Fsp3) is 0. The van der Waals surface area contributed by atoms with Crippen molar-refractivity contribution >= 4 is 44.4 Å². The molecule has 0 aliphatic carbocycles. The van der Waals surface area contributed by atoms with Crippen molar-refractivity contribution in [3.63, 3.8) is 0 Å². The molecule has 0 unspecified atom stereocenters. The zero-order chi connectivity index (χ0) is 27.4. The van der Waals surface area contributed by atoms with Crippen molar-refractivity contribution in [2.45, 2.75) is 0 Å². The number of pyridine rings is 1. The maximum Gasteiger partial charge on any atom is 0.180 e. The minimum absolute atomic E-state index is 0.249. The predicted octanol–water partition coefficient (Wildman–Crippen LogP) is 8.68. The molecule has 0 amide bonds. The van der Waals surface area contributed by atoms with Gasteiger partial charge in [-0.1, -0.05) is 66.7 Å². The SMILES string of the molecule is N#Cc1c(F)cc(-c2ccc(-c3ccc4c(c3)nc(-c3ccccc3)c3ccc5nsnc5c34)cc2)c(F)c1F. The van der Waals surface area contributed by atoms with Gasteiger partial charge in [-0.15, -0.1) is 0 Å². The van der Waals surface area contributed by atoms with E-state index in [4.69, 9.17) is 10.2 Å². The molecule has 2 aromatic heterocycles. The number of nitriles is 1. The van der Waals surface area contributed by atoms with Crippen molar-refractivity contribution in [3.8, 4) is 39.6 Å². The Morgan fingerprint density at radius 1 is 0.650 bits per heavy atom. The van der Waals surface area contributed by atoms with Gasteiger partial charge in [0.15, 0.2) is 11.6 Å². The van der Waals surface area contributed by atoms with Gasteiger partial charge in [-0.3, -0.25) is 0 Å². The van der Waals surface area contributed by atoms with E-state index in [9.17, 15) is 13.2 Å². The molecule has 0 saturated heterocycles. The van der Waals surface area contributed by atoms with Crippen LogP contribution in [0, 0.1) is 28.8 Å². The topological polar surface area (TPSA) is 62.5 Å². The first-order valence-electron chi connectivity index (χ1n) is 12.3. The highest BCUT2D eigenvalue weighted by Gasteiger charge is 2.20. The lowest BCUT2D eigenvalue weighted by Gasteiger charge is -2.12. The zero-order valence-electron chi connectivity index (χ0n) is 20.5. The van der Waals surface area contributed by atoms with Crippen LogP contribution in [0.3, 0.4) is 0 Å². The quantitative estimate of drug-likeness (QED) is 0.165. The van der Waals surface area contributed by atoms with Crippen LogP contribution in [0.25, 0.3) is 66.2 Å². The molecule has 40 heavy (non-hydrogen) atoms. The molecule has 0 N–H and O–H groups in total. The largest absolute Gasteiger partial charge is 0.247 e. The van der Waals surface area contributed by atoms with Gasteiger partial charge >= 0.3 is 0 Å². The number of hydrogen-bond acceptors (Lipinski definition) is 5. The Labute approximate surface area is 229 Å². The lowest BCUT2D eigenvalue weighted by Crippen LogP contribution is -1.98. The first-order valence-corrected chi connectivity index (χ1v) is 13.0. The van der Waals surface area contributed by atoms with Crippen LogP contribution in [-0.2, 0) is 0 Å². The molecule has 0 radical (unpaired) electrons. The number of hydrogen-bond donors (Lipinski definition) is 0. The number of nitrogens with zero attached hydrogens (tertiary/aromatic N) is 4.